The molecule has 24 heavy (non-hydrogen) atoms. The van der Waals surface area contributed by atoms with Crippen LogP contribution in [-0.2, 0) is 4.79 Å². The molecule has 6 heteroatoms. The Bertz CT molecular complexity index is 678. The first kappa shape index (κ1) is 17.0. The first-order valence-corrected chi connectivity index (χ1v) is 9.52. The second-order valence-electron chi connectivity index (χ2n) is 6.29. The lowest BCUT2D eigenvalue weighted by atomic mass is 10.1. The molecule has 5 nitrogen and oxygen atoms in total. The molecule has 0 radical (unpaired) electrons. The van der Waals surface area contributed by atoms with Gasteiger partial charge in [0.05, 0.1) is 5.75 Å². The smallest absolute Gasteiger partial charge is 0.277 e. The van der Waals surface area contributed by atoms with Crippen molar-refractivity contribution in [2.75, 3.05) is 5.75 Å². The minimum Gasteiger partial charge on any atom is -0.411 e. The molecule has 0 unspecified atom stereocenters. The zero-order chi connectivity index (χ0) is 16.8. The average molecular weight is 345 g/mol. The van der Waals surface area contributed by atoms with E-state index in [1.165, 1.54) is 37.4 Å². The van der Waals surface area contributed by atoms with Crippen LogP contribution in [0.2, 0.25) is 0 Å². The second kappa shape index (κ2) is 8.33. The van der Waals surface area contributed by atoms with Gasteiger partial charge in [-0.3, -0.25) is 4.79 Å². The molecule has 1 N–H and O–H groups in total. The van der Waals surface area contributed by atoms with Crippen LogP contribution >= 0.6 is 11.8 Å². The fourth-order valence-corrected chi connectivity index (χ4v) is 3.56. The molecule has 128 valence electrons. The van der Waals surface area contributed by atoms with Crippen LogP contribution in [0.25, 0.3) is 11.5 Å². The van der Waals surface area contributed by atoms with E-state index in [2.05, 4.69) is 15.5 Å². The molecule has 1 amide bonds. The maximum atomic E-state index is 12.1. The van der Waals surface area contributed by atoms with Crippen LogP contribution in [0.5, 0.6) is 0 Å². The first-order valence-electron chi connectivity index (χ1n) is 8.53. The highest BCUT2D eigenvalue weighted by atomic mass is 32.2. The highest BCUT2D eigenvalue weighted by molar-refractivity contribution is 7.99. The zero-order valence-corrected chi connectivity index (χ0v) is 14.8. The van der Waals surface area contributed by atoms with Gasteiger partial charge in [0.1, 0.15) is 0 Å². The molecule has 1 aliphatic rings. The lowest BCUT2D eigenvalue weighted by molar-refractivity contribution is -0.119. The molecule has 0 bridgehead atoms. The van der Waals surface area contributed by atoms with E-state index in [0.29, 0.717) is 22.9 Å². The first-order chi connectivity index (χ1) is 11.7. The highest BCUT2D eigenvalue weighted by Crippen LogP contribution is 2.24. The number of aryl methyl sites for hydroxylation is 1. The van der Waals surface area contributed by atoms with E-state index in [0.717, 1.165) is 24.0 Å². The summed E-state index contributed by atoms with van der Waals surface area (Å²) in [6.45, 7) is 2.02. The number of carbonyl (C=O) groups is 1. The summed E-state index contributed by atoms with van der Waals surface area (Å²) in [5.41, 5.74) is 2.04. The quantitative estimate of drug-likeness (QED) is 0.656. The van der Waals surface area contributed by atoms with Gasteiger partial charge >= 0.3 is 0 Å². The number of carbonyl (C=O) groups excluding carboxylic acids is 1. The van der Waals surface area contributed by atoms with Gasteiger partial charge in [-0.05, 0) is 31.9 Å². The Balaban J connectivity index is 1.50. The van der Waals surface area contributed by atoms with Crippen molar-refractivity contribution in [2.24, 2.45) is 0 Å². The molecule has 0 atom stereocenters. The molecule has 2 aromatic rings. The molecule has 1 saturated carbocycles. The maximum absolute atomic E-state index is 12.1. The van der Waals surface area contributed by atoms with Crippen LogP contribution in [0.15, 0.2) is 33.9 Å². The van der Waals surface area contributed by atoms with Crippen molar-refractivity contribution in [1.29, 1.82) is 0 Å². The highest BCUT2D eigenvalue weighted by Gasteiger charge is 2.16. The summed E-state index contributed by atoms with van der Waals surface area (Å²) in [5.74, 6) is 0.846. The van der Waals surface area contributed by atoms with Gasteiger partial charge in [0, 0.05) is 11.6 Å². The van der Waals surface area contributed by atoms with E-state index in [-0.39, 0.29) is 5.91 Å². The summed E-state index contributed by atoms with van der Waals surface area (Å²) in [6, 6.07) is 8.25. The molecule has 0 saturated heterocycles. The number of benzene rings is 1. The van der Waals surface area contributed by atoms with Crippen LogP contribution in [0, 0.1) is 6.92 Å². The summed E-state index contributed by atoms with van der Waals surface area (Å²) in [6.07, 6.45) is 7.17. The SMILES string of the molecule is Cc1cccc(-c2nnc(SCC(=O)NC3CCCCCC3)o2)c1. The number of hydrogen-bond acceptors (Lipinski definition) is 5. The minimum atomic E-state index is 0.0437. The number of nitrogens with zero attached hydrogens (tertiary/aromatic N) is 2. The number of rotatable bonds is 5. The van der Waals surface area contributed by atoms with E-state index < -0.39 is 0 Å². The topological polar surface area (TPSA) is 68.0 Å². The van der Waals surface area contributed by atoms with Gasteiger partial charge in [-0.15, -0.1) is 10.2 Å². The lowest BCUT2D eigenvalue weighted by Gasteiger charge is -2.15. The molecule has 0 spiro atoms. The summed E-state index contributed by atoms with van der Waals surface area (Å²) < 4.78 is 5.65. The molecule has 1 aromatic heterocycles. The van der Waals surface area contributed by atoms with Crippen molar-refractivity contribution < 1.29 is 9.21 Å². The third-order valence-corrected chi connectivity index (χ3v) is 5.04. The van der Waals surface area contributed by atoms with E-state index in [4.69, 9.17) is 4.42 Å². The van der Waals surface area contributed by atoms with E-state index in [1.54, 1.807) is 0 Å². The number of amides is 1. The predicted octanol–water partition coefficient (Wildman–Crippen LogP) is 3.98. The second-order valence-corrected chi connectivity index (χ2v) is 7.21. The van der Waals surface area contributed by atoms with E-state index >= 15 is 0 Å². The largest absolute Gasteiger partial charge is 0.411 e. The van der Waals surface area contributed by atoms with Crippen LogP contribution in [0.3, 0.4) is 0 Å². The van der Waals surface area contributed by atoms with Crippen molar-refractivity contribution in [3.8, 4) is 11.5 Å². The van der Waals surface area contributed by atoms with Crippen molar-refractivity contribution in [3.63, 3.8) is 0 Å². The Kier molecular flexibility index (Phi) is 5.91. The van der Waals surface area contributed by atoms with E-state index in [9.17, 15) is 4.79 Å². The van der Waals surface area contributed by atoms with Gasteiger partial charge in [-0.25, -0.2) is 0 Å². The van der Waals surface area contributed by atoms with Crippen LogP contribution in [0.1, 0.15) is 44.1 Å². The summed E-state index contributed by atoms with van der Waals surface area (Å²) in [4.78, 5) is 12.1. The van der Waals surface area contributed by atoms with Crippen molar-refractivity contribution in [3.05, 3.63) is 29.8 Å². The van der Waals surface area contributed by atoms with Gasteiger partial charge < -0.3 is 9.73 Å². The van der Waals surface area contributed by atoms with Gasteiger partial charge in [-0.2, -0.15) is 0 Å². The van der Waals surface area contributed by atoms with Crippen molar-refractivity contribution >= 4 is 17.7 Å². The lowest BCUT2D eigenvalue weighted by Crippen LogP contribution is -2.35. The van der Waals surface area contributed by atoms with Crippen molar-refractivity contribution in [2.45, 2.75) is 56.7 Å². The zero-order valence-electron chi connectivity index (χ0n) is 14.0. The number of nitrogens with one attached hydrogen (secondary N) is 1. The van der Waals surface area contributed by atoms with Gasteiger partial charge in [-0.1, -0.05) is 55.1 Å². The monoisotopic (exact) mass is 345 g/mol. The standard InChI is InChI=1S/C18H23N3O2S/c1-13-7-6-8-14(11-13)17-20-21-18(23-17)24-12-16(22)19-15-9-4-2-3-5-10-15/h6-8,11,15H,2-5,9-10,12H2,1H3,(H,19,22). The Morgan fingerprint density at radius 1 is 1.25 bits per heavy atom. The molecule has 1 heterocycles. The van der Waals surface area contributed by atoms with Crippen LogP contribution < -0.4 is 5.32 Å². The van der Waals surface area contributed by atoms with Crippen LogP contribution in [-0.4, -0.2) is 27.9 Å². The van der Waals surface area contributed by atoms with Crippen molar-refractivity contribution in [1.82, 2.24) is 15.5 Å². The average Bonchev–Trinajstić information content (AvgIpc) is 2.91. The number of hydrogen-bond donors (Lipinski definition) is 1. The van der Waals surface area contributed by atoms with Gasteiger partial charge in [0.15, 0.2) is 0 Å². The predicted molar refractivity (Wildman–Crippen MR) is 94.8 cm³/mol. The minimum absolute atomic E-state index is 0.0437. The fraction of sp³-hybridized carbons (Fsp3) is 0.500. The molecule has 1 fully saturated rings. The normalized spacial score (nSPS) is 15.9. The van der Waals surface area contributed by atoms with Gasteiger partial charge in [0.25, 0.3) is 5.22 Å². The third kappa shape index (κ3) is 4.84. The van der Waals surface area contributed by atoms with Gasteiger partial charge in [0.2, 0.25) is 11.8 Å². The number of aromatic nitrogens is 2. The molecular weight excluding hydrogens is 322 g/mol. The number of thioether (sulfide) groups is 1. The molecule has 1 aliphatic carbocycles. The molecule has 0 aliphatic heterocycles. The maximum Gasteiger partial charge on any atom is 0.277 e. The summed E-state index contributed by atoms with van der Waals surface area (Å²) >= 11 is 1.29. The third-order valence-electron chi connectivity index (χ3n) is 4.22. The Morgan fingerprint density at radius 2 is 2.04 bits per heavy atom. The van der Waals surface area contributed by atoms with Crippen LogP contribution in [0.4, 0.5) is 0 Å². The fourth-order valence-electron chi connectivity index (χ4n) is 2.98. The molecule has 3 rings (SSSR count). The summed E-state index contributed by atoms with van der Waals surface area (Å²) in [5, 5.41) is 11.6. The Labute approximate surface area is 146 Å². The molecular formula is C18H23N3O2S. The summed E-state index contributed by atoms with van der Waals surface area (Å²) in [7, 11) is 0. The Hall–Kier alpha value is -1.82. The van der Waals surface area contributed by atoms with E-state index in [1.807, 2.05) is 31.2 Å². The Morgan fingerprint density at radius 3 is 2.79 bits per heavy atom. The molecule has 1 aromatic carbocycles.